The van der Waals surface area contributed by atoms with E-state index in [1.807, 2.05) is 65.0 Å². The van der Waals surface area contributed by atoms with Crippen molar-refractivity contribution in [3.63, 3.8) is 0 Å². The van der Waals surface area contributed by atoms with Crippen LogP contribution in [0.2, 0.25) is 0 Å². The molecule has 0 heterocycles. The summed E-state index contributed by atoms with van der Waals surface area (Å²) in [5.41, 5.74) is 7.71. The van der Waals surface area contributed by atoms with E-state index < -0.39 is 11.8 Å². The number of aryl methyl sites for hydroxylation is 4. The largest absolute Gasteiger partial charge is 0.490 e. The normalized spacial score (nSPS) is 10.7. The molecule has 0 saturated heterocycles. The van der Waals surface area contributed by atoms with Crippen LogP contribution in [0.4, 0.5) is 11.4 Å². The van der Waals surface area contributed by atoms with E-state index in [1.165, 1.54) is 6.21 Å². The zero-order chi connectivity index (χ0) is 28.5. The lowest BCUT2D eigenvalue weighted by molar-refractivity contribution is -0.136. The topological polar surface area (TPSA) is 118 Å². The molecule has 0 unspecified atom stereocenters. The van der Waals surface area contributed by atoms with Crippen LogP contribution in [-0.2, 0) is 14.4 Å². The maximum atomic E-state index is 12.5. The molecule has 0 aromatic heterocycles. The first-order chi connectivity index (χ1) is 18.6. The Morgan fingerprint density at radius 2 is 1.46 bits per heavy atom. The maximum Gasteiger partial charge on any atom is 0.329 e. The molecule has 0 bridgehead atoms. The number of rotatable bonds is 9. The average Bonchev–Trinajstić information content (AvgIpc) is 2.88. The van der Waals surface area contributed by atoms with Crippen molar-refractivity contribution >= 4 is 51.2 Å². The van der Waals surface area contributed by atoms with Crippen LogP contribution in [0, 0.1) is 27.7 Å². The monoisotopic (exact) mass is 594 g/mol. The first kappa shape index (κ1) is 29.4. The molecule has 0 spiro atoms. The van der Waals surface area contributed by atoms with Gasteiger partial charge in [0.15, 0.2) is 18.1 Å². The molecular formula is C29H31BrN4O5. The third-order valence-electron chi connectivity index (χ3n) is 5.69. The van der Waals surface area contributed by atoms with Gasteiger partial charge in [0.1, 0.15) is 0 Å². The summed E-state index contributed by atoms with van der Waals surface area (Å²) < 4.78 is 12.3. The Hall–Kier alpha value is -4.18. The zero-order valence-corrected chi connectivity index (χ0v) is 24.1. The molecule has 10 heteroatoms. The van der Waals surface area contributed by atoms with Gasteiger partial charge in [-0.1, -0.05) is 34.1 Å². The van der Waals surface area contributed by atoms with Crippen molar-refractivity contribution in [2.24, 2.45) is 5.10 Å². The van der Waals surface area contributed by atoms with Crippen LogP contribution in [0.25, 0.3) is 0 Å². The first-order valence-electron chi connectivity index (χ1n) is 12.3. The van der Waals surface area contributed by atoms with E-state index in [9.17, 15) is 14.4 Å². The quantitative estimate of drug-likeness (QED) is 0.179. The Morgan fingerprint density at radius 1 is 0.821 bits per heavy atom. The highest BCUT2D eigenvalue weighted by molar-refractivity contribution is 9.10. The van der Waals surface area contributed by atoms with Crippen LogP contribution < -0.4 is 25.5 Å². The second kappa shape index (κ2) is 13.6. The van der Waals surface area contributed by atoms with Gasteiger partial charge in [-0.2, -0.15) is 5.10 Å². The van der Waals surface area contributed by atoms with Gasteiger partial charge in [-0.3, -0.25) is 14.4 Å². The van der Waals surface area contributed by atoms with Gasteiger partial charge >= 0.3 is 11.8 Å². The van der Waals surface area contributed by atoms with Gasteiger partial charge in [-0.25, -0.2) is 5.43 Å². The Morgan fingerprint density at radius 3 is 2.10 bits per heavy atom. The molecular weight excluding hydrogens is 564 g/mol. The smallest absolute Gasteiger partial charge is 0.329 e. The minimum Gasteiger partial charge on any atom is -0.490 e. The second-order valence-electron chi connectivity index (χ2n) is 8.81. The number of carbonyl (C=O) groups excluding carboxylic acids is 3. The number of para-hydroxylation sites is 1. The molecule has 3 rings (SSSR count). The van der Waals surface area contributed by atoms with Crippen LogP contribution in [0.5, 0.6) is 11.5 Å². The van der Waals surface area contributed by atoms with Crippen molar-refractivity contribution in [2.75, 3.05) is 23.8 Å². The molecule has 0 aliphatic carbocycles. The molecule has 0 aliphatic heterocycles. The van der Waals surface area contributed by atoms with Crippen molar-refractivity contribution < 1.29 is 23.9 Å². The molecule has 9 nitrogen and oxygen atoms in total. The third-order valence-corrected chi connectivity index (χ3v) is 6.15. The standard InChI is InChI=1S/C29H31BrN4O5/c1-6-38-24-14-21(15-31-34-29(37)28(36)33-26-17(2)8-7-9-18(26)3)10-11-23(24)39-16-25(35)32-27-19(4)12-22(30)13-20(27)5/h7-15H,6,16H2,1-5H3,(H,32,35)(H,33,36)(H,34,37)/b31-15-. The van der Waals surface area contributed by atoms with Crippen molar-refractivity contribution in [1.29, 1.82) is 0 Å². The number of hydrogen-bond donors (Lipinski definition) is 3. The lowest BCUT2D eigenvalue weighted by atomic mass is 10.1. The lowest BCUT2D eigenvalue weighted by Gasteiger charge is -2.14. The summed E-state index contributed by atoms with van der Waals surface area (Å²) in [7, 11) is 0. The van der Waals surface area contributed by atoms with E-state index in [2.05, 4.69) is 37.1 Å². The first-order valence-corrected chi connectivity index (χ1v) is 13.0. The van der Waals surface area contributed by atoms with Crippen LogP contribution >= 0.6 is 15.9 Å². The Bertz CT molecular complexity index is 1380. The maximum absolute atomic E-state index is 12.5. The number of carbonyl (C=O) groups is 3. The summed E-state index contributed by atoms with van der Waals surface area (Å²) in [6, 6.07) is 14.4. The minimum absolute atomic E-state index is 0.214. The molecule has 0 atom stereocenters. The second-order valence-corrected chi connectivity index (χ2v) is 9.73. The third kappa shape index (κ3) is 8.15. The summed E-state index contributed by atoms with van der Waals surface area (Å²) in [6.07, 6.45) is 1.38. The van der Waals surface area contributed by atoms with Gasteiger partial charge in [0.05, 0.1) is 12.8 Å². The zero-order valence-electron chi connectivity index (χ0n) is 22.5. The van der Waals surface area contributed by atoms with E-state index in [1.54, 1.807) is 18.2 Å². The fraction of sp³-hybridized carbons (Fsp3) is 0.241. The van der Waals surface area contributed by atoms with Gasteiger partial charge in [-0.15, -0.1) is 0 Å². The van der Waals surface area contributed by atoms with E-state index in [0.29, 0.717) is 29.4 Å². The predicted octanol–water partition coefficient (Wildman–Crippen LogP) is 5.19. The van der Waals surface area contributed by atoms with Gasteiger partial charge in [-0.05, 0) is 92.8 Å². The van der Waals surface area contributed by atoms with Crippen LogP contribution in [0.15, 0.2) is 58.1 Å². The van der Waals surface area contributed by atoms with Crippen molar-refractivity contribution in [3.8, 4) is 11.5 Å². The molecule has 0 fully saturated rings. The average molecular weight is 595 g/mol. The number of hydrogen-bond acceptors (Lipinski definition) is 6. The summed E-state index contributed by atoms with van der Waals surface area (Å²) in [5.74, 6) is -1.25. The lowest BCUT2D eigenvalue weighted by Crippen LogP contribution is -2.32. The van der Waals surface area contributed by atoms with Gasteiger partial charge in [0.25, 0.3) is 5.91 Å². The number of ether oxygens (including phenoxy) is 2. The highest BCUT2D eigenvalue weighted by atomic mass is 79.9. The number of halogens is 1. The van der Waals surface area contributed by atoms with Crippen molar-refractivity contribution in [1.82, 2.24) is 5.43 Å². The number of nitrogens with zero attached hydrogens (tertiary/aromatic N) is 1. The van der Waals surface area contributed by atoms with E-state index in [4.69, 9.17) is 9.47 Å². The molecule has 3 aromatic carbocycles. The van der Waals surface area contributed by atoms with Gasteiger partial charge < -0.3 is 20.1 Å². The summed E-state index contributed by atoms with van der Waals surface area (Å²) >= 11 is 3.45. The summed E-state index contributed by atoms with van der Waals surface area (Å²) in [6.45, 7) is 9.51. The Kier molecular flexibility index (Phi) is 10.2. The molecule has 0 saturated carbocycles. The van der Waals surface area contributed by atoms with Crippen LogP contribution in [0.3, 0.4) is 0 Å². The summed E-state index contributed by atoms with van der Waals surface area (Å²) in [4.78, 5) is 37.0. The van der Waals surface area contributed by atoms with Crippen molar-refractivity contribution in [2.45, 2.75) is 34.6 Å². The minimum atomic E-state index is -0.902. The molecule has 0 aliphatic rings. The molecule has 39 heavy (non-hydrogen) atoms. The summed E-state index contributed by atoms with van der Waals surface area (Å²) in [5, 5.41) is 9.37. The number of anilines is 2. The van der Waals surface area contributed by atoms with Gasteiger partial charge in [0, 0.05) is 15.8 Å². The van der Waals surface area contributed by atoms with E-state index >= 15 is 0 Å². The van der Waals surface area contributed by atoms with E-state index in [-0.39, 0.29) is 12.5 Å². The molecule has 3 amide bonds. The Balaban J connectivity index is 1.60. The number of hydrazone groups is 1. The van der Waals surface area contributed by atoms with Crippen LogP contribution in [-0.4, -0.2) is 37.1 Å². The van der Waals surface area contributed by atoms with Gasteiger partial charge in [0.2, 0.25) is 0 Å². The van der Waals surface area contributed by atoms with Crippen molar-refractivity contribution in [3.05, 3.63) is 80.8 Å². The SMILES string of the molecule is CCOc1cc(/C=N\NC(=O)C(=O)Nc2c(C)cccc2C)ccc1OCC(=O)Nc1c(C)cc(Br)cc1C. The number of benzene rings is 3. The Labute approximate surface area is 236 Å². The fourth-order valence-electron chi connectivity index (χ4n) is 3.82. The molecule has 3 N–H and O–H groups in total. The fourth-order valence-corrected chi connectivity index (χ4v) is 4.50. The molecule has 0 radical (unpaired) electrons. The predicted molar refractivity (Wildman–Crippen MR) is 156 cm³/mol. The molecule has 3 aromatic rings. The molecule has 204 valence electrons. The van der Waals surface area contributed by atoms with Crippen LogP contribution in [0.1, 0.15) is 34.7 Å². The highest BCUT2D eigenvalue weighted by Crippen LogP contribution is 2.29. The highest BCUT2D eigenvalue weighted by Gasteiger charge is 2.15. The van der Waals surface area contributed by atoms with E-state index in [0.717, 1.165) is 32.4 Å². The number of nitrogens with one attached hydrogen (secondary N) is 3. The number of amides is 3.